The van der Waals surface area contributed by atoms with Crippen LogP contribution >= 0.6 is 0 Å². The van der Waals surface area contributed by atoms with Gasteiger partial charge in [0.05, 0.1) is 31.0 Å². The first-order chi connectivity index (χ1) is 19.1. The Balaban J connectivity index is 1.35. The number of amides is 1. The maximum atomic E-state index is 15.3. The molecule has 1 aliphatic carbocycles. The third-order valence-corrected chi connectivity index (χ3v) is 7.17. The van der Waals surface area contributed by atoms with Gasteiger partial charge in [0.25, 0.3) is 0 Å². The minimum absolute atomic E-state index is 0.0897. The molecule has 14 heteroatoms. The summed E-state index contributed by atoms with van der Waals surface area (Å²) < 4.78 is 62.8. The fourth-order valence-corrected chi connectivity index (χ4v) is 4.98. The van der Waals surface area contributed by atoms with Crippen LogP contribution in [0.25, 0.3) is 22.8 Å². The lowest BCUT2D eigenvalue weighted by molar-refractivity contribution is -0.140. The molecular weight excluding hydrogens is 532 g/mol. The summed E-state index contributed by atoms with van der Waals surface area (Å²) in [6.07, 6.45) is -0.272. The average Bonchev–Trinajstić information content (AvgIpc) is 3.56. The second-order valence-electron chi connectivity index (χ2n) is 9.86. The minimum atomic E-state index is -4.65. The number of carbonyl (C=O) groups is 1. The summed E-state index contributed by atoms with van der Waals surface area (Å²) in [4.78, 5) is 31.5. The molecule has 0 spiro atoms. The summed E-state index contributed by atoms with van der Waals surface area (Å²) in [5, 5.41) is 4.64. The molecule has 2 aliphatic rings. The Hall–Kier alpha value is -4.36. The van der Waals surface area contributed by atoms with Crippen LogP contribution < -0.4 is 9.64 Å². The van der Waals surface area contributed by atoms with Gasteiger partial charge < -0.3 is 9.30 Å². The van der Waals surface area contributed by atoms with Gasteiger partial charge in [0, 0.05) is 25.6 Å². The summed E-state index contributed by atoms with van der Waals surface area (Å²) in [6, 6.07) is 3.47. The molecular formula is C26H24F4N8O2. The number of methoxy groups -OCH3 is 1. The lowest BCUT2D eigenvalue weighted by Crippen LogP contribution is -2.39. The van der Waals surface area contributed by atoms with Crippen molar-refractivity contribution in [1.29, 1.82) is 0 Å². The Morgan fingerprint density at radius 3 is 2.58 bits per heavy atom. The first-order valence-corrected chi connectivity index (χ1v) is 12.6. The van der Waals surface area contributed by atoms with Gasteiger partial charge in [-0.15, -0.1) is 5.10 Å². The summed E-state index contributed by atoms with van der Waals surface area (Å²) in [7, 11) is 2.87. The number of anilines is 1. The molecule has 0 saturated heterocycles. The van der Waals surface area contributed by atoms with Crippen molar-refractivity contribution in [3.63, 3.8) is 0 Å². The molecule has 0 radical (unpaired) electrons. The number of aryl methyl sites for hydroxylation is 2. The fourth-order valence-electron chi connectivity index (χ4n) is 4.98. The highest BCUT2D eigenvalue weighted by Crippen LogP contribution is 2.45. The molecule has 1 aromatic carbocycles. The van der Waals surface area contributed by atoms with Gasteiger partial charge in [-0.05, 0) is 37.5 Å². The standard InChI is InChI=1S/C26H24F4N8O2/c1-13(15-6-7-16(17(27)10-15)23-33-18(11-36(23)2)26(28,29)30)38-19(39)8-9-37-25(38)34-22(35-37)20-21(14-4-5-14)31-12-32-24(20)40-3/h6-7,10-14H,4-5,8-9H2,1-3H3/t13-/m0/s1. The maximum Gasteiger partial charge on any atom is 0.434 e. The Labute approximate surface area is 225 Å². The molecule has 0 bridgehead atoms. The molecule has 6 rings (SSSR count). The van der Waals surface area contributed by atoms with Crippen molar-refractivity contribution < 1.29 is 27.1 Å². The number of nitrogens with zero attached hydrogens (tertiary/aromatic N) is 8. The van der Waals surface area contributed by atoms with E-state index in [1.54, 1.807) is 17.7 Å². The van der Waals surface area contributed by atoms with Crippen LogP contribution in [-0.2, 0) is 24.6 Å². The van der Waals surface area contributed by atoms with E-state index in [0.29, 0.717) is 29.4 Å². The lowest BCUT2D eigenvalue weighted by atomic mass is 10.0. The van der Waals surface area contributed by atoms with Gasteiger partial charge in [-0.2, -0.15) is 18.2 Å². The monoisotopic (exact) mass is 556 g/mol. The van der Waals surface area contributed by atoms with E-state index in [4.69, 9.17) is 4.74 Å². The topological polar surface area (TPSA) is 104 Å². The molecule has 4 aromatic rings. The SMILES string of the molecule is COc1ncnc(C2CC2)c1-c1nc2n(n1)CCC(=O)N2[C@@H](C)c1ccc(-c2nc(C(F)(F)F)cn2C)c(F)c1. The van der Waals surface area contributed by atoms with Crippen LogP contribution in [0.2, 0.25) is 0 Å². The van der Waals surface area contributed by atoms with E-state index in [1.807, 2.05) is 0 Å². The Morgan fingerprint density at radius 2 is 1.93 bits per heavy atom. The molecule has 1 fully saturated rings. The molecule has 4 heterocycles. The van der Waals surface area contributed by atoms with Crippen LogP contribution in [0, 0.1) is 5.82 Å². The predicted molar refractivity (Wildman–Crippen MR) is 134 cm³/mol. The fraction of sp³-hybridized carbons (Fsp3) is 0.385. The molecule has 1 atom stereocenters. The van der Waals surface area contributed by atoms with Crippen molar-refractivity contribution in [2.45, 2.75) is 50.9 Å². The summed E-state index contributed by atoms with van der Waals surface area (Å²) >= 11 is 0. The second kappa shape index (κ2) is 9.38. The van der Waals surface area contributed by atoms with E-state index < -0.39 is 23.7 Å². The highest BCUT2D eigenvalue weighted by atomic mass is 19.4. The normalized spacial score (nSPS) is 16.3. The van der Waals surface area contributed by atoms with Crippen LogP contribution in [0.4, 0.5) is 23.5 Å². The van der Waals surface area contributed by atoms with E-state index in [-0.39, 0.29) is 35.6 Å². The average molecular weight is 557 g/mol. The van der Waals surface area contributed by atoms with Gasteiger partial charge in [0.1, 0.15) is 23.5 Å². The van der Waals surface area contributed by atoms with Crippen molar-refractivity contribution in [2.75, 3.05) is 12.0 Å². The van der Waals surface area contributed by atoms with Crippen molar-refractivity contribution in [1.82, 2.24) is 34.3 Å². The molecule has 10 nitrogen and oxygen atoms in total. The van der Waals surface area contributed by atoms with E-state index >= 15 is 4.39 Å². The zero-order chi connectivity index (χ0) is 28.3. The lowest BCUT2D eigenvalue weighted by Gasteiger charge is -2.31. The highest BCUT2D eigenvalue weighted by Gasteiger charge is 2.37. The number of halogens is 4. The summed E-state index contributed by atoms with van der Waals surface area (Å²) in [6.45, 7) is 2.04. The number of carbonyl (C=O) groups excluding carboxylic acids is 1. The van der Waals surface area contributed by atoms with Gasteiger partial charge >= 0.3 is 6.18 Å². The van der Waals surface area contributed by atoms with Crippen molar-refractivity contribution in [3.8, 4) is 28.7 Å². The van der Waals surface area contributed by atoms with E-state index in [9.17, 15) is 18.0 Å². The number of ether oxygens (including phenoxy) is 1. The number of hydrogen-bond acceptors (Lipinski definition) is 7. The number of fused-ring (bicyclic) bond motifs is 1. The van der Waals surface area contributed by atoms with Crippen molar-refractivity contribution in [3.05, 3.63) is 53.5 Å². The first-order valence-electron chi connectivity index (χ1n) is 12.6. The zero-order valence-corrected chi connectivity index (χ0v) is 21.8. The van der Waals surface area contributed by atoms with E-state index in [0.717, 1.165) is 29.3 Å². The number of alkyl halides is 3. The largest absolute Gasteiger partial charge is 0.480 e. The predicted octanol–water partition coefficient (Wildman–Crippen LogP) is 4.68. The van der Waals surface area contributed by atoms with Gasteiger partial charge in [0.15, 0.2) is 11.5 Å². The van der Waals surface area contributed by atoms with Gasteiger partial charge in [-0.3, -0.25) is 9.69 Å². The first kappa shape index (κ1) is 25.9. The van der Waals surface area contributed by atoms with E-state index in [2.05, 4.69) is 25.0 Å². The maximum absolute atomic E-state index is 15.3. The minimum Gasteiger partial charge on any atom is -0.480 e. The molecule has 0 N–H and O–H groups in total. The molecule has 208 valence electrons. The van der Waals surface area contributed by atoms with Gasteiger partial charge in [0.2, 0.25) is 17.7 Å². The third kappa shape index (κ3) is 4.36. The molecule has 1 amide bonds. The summed E-state index contributed by atoms with van der Waals surface area (Å²) in [5.74, 6) is 0.0726. The summed E-state index contributed by atoms with van der Waals surface area (Å²) in [5.41, 5.74) is 0.603. The molecule has 3 aromatic heterocycles. The van der Waals surface area contributed by atoms with Crippen LogP contribution in [0.3, 0.4) is 0 Å². The Kier molecular flexibility index (Phi) is 6.07. The van der Waals surface area contributed by atoms with Crippen LogP contribution in [0.15, 0.2) is 30.7 Å². The Morgan fingerprint density at radius 1 is 1.15 bits per heavy atom. The van der Waals surface area contributed by atoms with E-state index in [1.165, 1.54) is 37.5 Å². The number of aromatic nitrogens is 7. The number of hydrogen-bond donors (Lipinski definition) is 0. The van der Waals surface area contributed by atoms with Crippen LogP contribution in [-0.4, -0.2) is 47.3 Å². The molecule has 1 aliphatic heterocycles. The van der Waals surface area contributed by atoms with Crippen LogP contribution in [0.1, 0.15) is 55.1 Å². The smallest absolute Gasteiger partial charge is 0.434 e. The Bertz CT molecular complexity index is 1630. The molecule has 1 saturated carbocycles. The van der Waals surface area contributed by atoms with Crippen LogP contribution in [0.5, 0.6) is 5.88 Å². The number of imidazole rings is 1. The quantitative estimate of drug-likeness (QED) is 0.318. The van der Waals surface area contributed by atoms with Crippen molar-refractivity contribution in [2.24, 2.45) is 7.05 Å². The zero-order valence-electron chi connectivity index (χ0n) is 21.8. The number of rotatable bonds is 6. The van der Waals surface area contributed by atoms with Gasteiger partial charge in [-0.25, -0.2) is 24.0 Å². The number of benzene rings is 1. The molecule has 40 heavy (non-hydrogen) atoms. The highest BCUT2D eigenvalue weighted by molar-refractivity contribution is 5.94. The second-order valence-corrected chi connectivity index (χ2v) is 9.86. The molecule has 0 unspecified atom stereocenters. The van der Waals surface area contributed by atoms with Crippen molar-refractivity contribution >= 4 is 11.9 Å². The third-order valence-electron chi connectivity index (χ3n) is 7.17. The van der Waals surface area contributed by atoms with Gasteiger partial charge in [-0.1, -0.05) is 6.07 Å².